The Labute approximate surface area is 148 Å². The maximum Gasteiger partial charge on any atom is 0.279 e. The molecule has 0 spiro atoms. The molecule has 7 heteroatoms. The van der Waals surface area contributed by atoms with E-state index >= 15 is 0 Å². The highest BCUT2D eigenvalue weighted by atomic mass is 32.1. The predicted octanol–water partition coefficient (Wildman–Crippen LogP) is 4.00. The van der Waals surface area contributed by atoms with Crippen LogP contribution in [0.2, 0.25) is 0 Å². The lowest BCUT2D eigenvalue weighted by Gasteiger charge is -2.10. The molecule has 1 aromatic heterocycles. The molecule has 5 nitrogen and oxygen atoms in total. The van der Waals surface area contributed by atoms with Crippen LogP contribution in [0.4, 0.5) is 4.39 Å². The maximum atomic E-state index is 13.2. The van der Waals surface area contributed by atoms with E-state index in [1.807, 2.05) is 13.8 Å². The highest BCUT2D eigenvalue weighted by molar-refractivity contribution is 7.20. The molecule has 3 aromatic rings. The molecule has 0 aliphatic carbocycles. The number of phenols is 1. The number of ether oxygens (including phenoxy) is 1. The number of aromatic nitrogens is 1. The summed E-state index contributed by atoms with van der Waals surface area (Å²) in [7, 11) is 0. The van der Waals surface area contributed by atoms with Gasteiger partial charge in [-0.3, -0.25) is 4.79 Å². The topological polar surface area (TPSA) is 71.5 Å². The van der Waals surface area contributed by atoms with Gasteiger partial charge in [-0.05, 0) is 38.1 Å². The molecule has 0 saturated carbocycles. The van der Waals surface area contributed by atoms with Crippen LogP contribution in [0.15, 0.2) is 36.4 Å². The number of aromatic hydroxyl groups is 1. The Balaban J connectivity index is 1.74. The number of nitrogens with one attached hydrogen (secondary N) is 1. The number of halogens is 1. The molecule has 130 valence electrons. The molecule has 2 N–H and O–H groups in total. The molecule has 0 unspecified atom stereocenters. The summed E-state index contributed by atoms with van der Waals surface area (Å²) in [4.78, 5) is 16.1. The number of hydrogen-bond donors (Lipinski definition) is 2. The van der Waals surface area contributed by atoms with Gasteiger partial charge in [0.05, 0.1) is 16.6 Å². The largest absolute Gasteiger partial charge is 0.508 e. The van der Waals surface area contributed by atoms with E-state index in [1.165, 1.54) is 29.5 Å². The summed E-state index contributed by atoms with van der Waals surface area (Å²) >= 11 is 1.21. The molecule has 0 saturated heterocycles. The number of hydrogen-bond acceptors (Lipinski definition) is 5. The molecule has 2 aromatic carbocycles. The number of rotatable bonds is 5. The quantitative estimate of drug-likeness (QED) is 0.721. The van der Waals surface area contributed by atoms with Gasteiger partial charge in [0.1, 0.15) is 17.3 Å². The zero-order valence-electron chi connectivity index (χ0n) is 13.7. The van der Waals surface area contributed by atoms with Gasteiger partial charge in [-0.25, -0.2) is 9.37 Å². The van der Waals surface area contributed by atoms with Crippen LogP contribution in [0.1, 0.15) is 19.4 Å². The van der Waals surface area contributed by atoms with Crippen molar-refractivity contribution < 1.29 is 19.0 Å². The number of phenolic OH excluding ortho intramolecular Hbond substituents is 1. The fraction of sp³-hybridized carbons (Fsp3) is 0.222. The Morgan fingerprint density at radius 1 is 1.32 bits per heavy atom. The average molecular weight is 360 g/mol. The van der Waals surface area contributed by atoms with Crippen LogP contribution in [0.5, 0.6) is 16.7 Å². The summed E-state index contributed by atoms with van der Waals surface area (Å²) in [6, 6.07) is 9.10. The van der Waals surface area contributed by atoms with Crippen molar-refractivity contribution in [3.63, 3.8) is 0 Å². The molecule has 0 aliphatic heterocycles. The van der Waals surface area contributed by atoms with Crippen molar-refractivity contribution >= 4 is 27.5 Å². The number of carbonyl (C=O) groups excluding carboxylic acids is 1. The van der Waals surface area contributed by atoms with Crippen molar-refractivity contribution in [1.29, 1.82) is 0 Å². The number of amides is 1. The number of nitrogens with zero attached hydrogens (tertiary/aromatic N) is 1. The van der Waals surface area contributed by atoms with Crippen LogP contribution >= 0.6 is 11.3 Å². The van der Waals surface area contributed by atoms with Crippen LogP contribution in [-0.4, -0.2) is 22.0 Å². The smallest absolute Gasteiger partial charge is 0.279 e. The third-order valence-corrected chi connectivity index (χ3v) is 4.29. The summed E-state index contributed by atoms with van der Waals surface area (Å²) in [5.41, 5.74) is 1.16. The maximum absolute atomic E-state index is 13.2. The first-order valence-corrected chi connectivity index (χ1v) is 8.57. The van der Waals surface area contributed by atoms with Gasteiger partial charge in [-0.1, -0.05) is 17.4 Å². The van der Waals surface area contributed by atoms with Crippen molar-refractivity contribution in [2.45, 2.75) is 26.3 Å². The first-order valence-electron chi connectivity index (χ1n) is 7.76. The third kappa shape index (κ3) is 4.24. The van der Waals surface area contributed by atoms with Crippen LogP contribution < -0.4 is 10.1 Å². The Morgan fingerprint density at radius 2 is 2.12 bits per heavy atom. The van der Waals surface area contributed by atoms with Crippen LogP contribution in [0.3, 0.4) is 0 Å². The van der Waals surface area contributed by atoms with Crippen molar-refractivity contribution in [2.24, 2.45) is 0 Å². The van der Waals surface area contributed by atoms with E-state index in [0.717, 1.165) is 0 Å². The van der Waals surface area contributed by atoms with Crippen molar-refractivity contribution in [1.82, 2.24) is 10.3 Å². The van der Waals surface area contributed by atoms with Crippen molar-refractivity contribution in [3.05, 3.63) is 47.8 Å². The molecule has 1 amide bonds. The summed E-state index contributed by atoms with van der Waals surface area (Å²) in [6.45, 7) is 3.75. The van der Waals surface area contributed by atoms with Gasteiger partial charge in [0, 0.05) is 17.7 Å². The Bertz CT molecular complexity index is 924. The monoisotopic (exact) mass is 360 g/mol. The van der Waals surface area contributed by atoms with Gasteiger partial charge in [-0.15, -0.1) is 0 Å². The first kappa shape index (κ1) is 17.2. The summed E-state index contributed by atoms with van der Waals surface area (Å²) < 4.78 is 19.5. The average Bonchev–Trinajstić information content (AvgIpc) is 2.90. The molecule has 25 heavy (non-hydrogen) atoms. The lowest BCUT2D eigenvalue weighted by atomic mass is 10.1. The van der Waals surface area contributed by atoms with E-state index in [9.17, 15) is 14.3 Å². The van der Waals surface area contributed by atoms with Gasteiger partial charge < -0.3 is 15.2 Å². The summed E-state index contributed by atoms with van der Waals surface area (Å²) in [5, 5.41) is 13.2. The highest BCUT2D eigenvalue weighted by Gasteiger charge is 2.12. The van der Waals surface area contributed by atoms with E-state index in [0.29, 0.717) is 26.7 Å². The van der Waals surface area contributed by atoms with Crippen LogP contribution in [-0.2, 0) is 11.2 Å². The molecule has 0 aliphatic rings. The van der Waals surface area contributed by atoms with Gasteiger partial charge in [0.25, 0.3) is 5.19 Å². The fourth-order valence-corrected chi connectivity index (χ4v) is 3.18. The van der Waals surface area contributed by atoms with E-state index < -0.39 is 0 Å². The van der Waals surface area contributed by atoms with Gasteiger partial charge >= 0.3 is 0 Å². The minimum absolute atomic E-state index is 0.0245. The van der Waals surface area contributed by atoms with Crippen molar-refractivity contribution in [2.75, 3.05) is 0 Å². The Morgan fingerprint density at radius 3 is 2.84 bits per heavy atom. The second-order valence-electron chi connectivity index (χ2n) is 5.88. The summed E-state index contributed by atoms with van der Waals surface area (Å²) in [6.07, 6.45) is 0.0880. The minimum Gasteiger partial charge on any atom is -0.508 e. The van der Waals surface area contributed by atoms with E-state index in [-0.39, 0.29) is 29.9 Å². The third-order valence-electron chi connectivity index (χ3n) is 3.39. The molecule has 0 atom stereocenters. The van der Waals surface area contributed by atoms with E-state index in [4.69, 9.17) is 4.74 Å². The standard InChI is InChI=1S/C18H17FN2O3S/c1-10(2)20-17(23)7-11-3-5-13(9-15(11)22)24-18-21-14-6-4-12(19)8-16(14)25-18/h3-6,8-10,22H,7H2,1-2H3,(H,20,23). The van der Waals surface area contributed by atoms with Gasteiger partial charge in [-0.2, -0.15) is 0 Å². The molecule has 0 fully saturated rings. The predicted molar refractivity (Wildman–Crippen MR) is 94.7 cm³/mol. The normalized spacial score (nSPS) is 11.0. The van der Waals surface area contributed by atoms with Crippen LogP contribution in [0.25, 0.3) is 10.2 Å². The second kappa shape index (κ2) is 7.06. The fourth-order valence-electron chi connectivity index (χ4n) is 2.32. The highest BCUT2D eigenvalue weighted by Crippen LogP contribution is 2.33. The lowest BCUT2D eigenvalue weighted by molar-refractivity contribution is -0.120. The van der Waals surface area contributed by atoms with Crippen LogP contribution in [0, 0.1) is 5.82 Å². The first-order chi connectivity index (χ1) is 11.9. The molecule has 0 radical (unpaired) electrons. The molecule has 1 heterocycles. The Kier molecular flexibility index (Phi) is 4.85. The van der Waals surface area contributed by atoms with Gasteiger partial charge in [0.2, 0.25) is 5.91 Å². The number of fused-ring (bicyclic) bond motifs is 1. The van der Waals surface area contributed by atoms with E-state index in [2.05, 4.69) is 10.3 Å². The zero-order valence-corrected chi connectivity index (χ0v) is 14.6. The molecule has 3 rings (SSSR count). The lowest BCUT2D eigenvalue weighted by Crippen LogP contribution is -2.31. The summed E-state index contributed by atoms with van der Waals surface area (Å²) in [5.74, 6) is -0.120. The zero-order chi connectivity index (χ0) is 18.0. The SMILES string of the molecule is CC(C)NC(=O)Cc1ccc(Oc2nc3ccc(F)cc3s2)cc1O. The minimum atomic E-state index is -0.329. The van der Waals surface area contributed by atoms with Crippen molar-refractivity contribution in [3.8, 4) is 16.7 Å². The number of thiazole rings is 1. The van der Waals surface area contributed by atoms with E-state index in [1.54, 1.807) is 18.2 Å². The number of carbonyl (C=O) groups is 1. The second-order valence-corrected chi connectivity index (χ2v) is 6.88. The molecular formula is C18H17FN2O3S. The van der Waals surface area contributed by atoms with Gasteiger partial charge in [0.15, 0.2) is 0 Å². The number of benzene rings is 2. The molecular weight excluding hydrogens is 343 g/mol. The molecule has 0 bridgehead atoms. The Hall–Kier alpha value is -2.67.